The number of rotatable bonds is 3. The van der Waals surface area contributed by atoms with Gasteiger partial charge in [-0.2, -0.15) is 5.10 Å². The third kappa shape index (κ3) is 2.19. The molecule has 0 aromatic carbocycles. The van der Waals surface area contributed by atoms with E-state index >= 15 is 0 Å². The van der Waals surface area contributed by atoms with Crippen LogP contribution in [0.2, 0.25) is 0 Å². The molecule has 1 aromatic heterocycles. The van der Waals surface area contributed by atoms with Crippen LogP contribution in [0.25, 0.3) is 0 Å². The summed E-state index contributed by atoms with van der Waals surface area (Å²) in [5.41, 5.74) is 0.776. The van der Waals surface area contributed by atoms with Gasteiger partial charge in [-0.15, -0.1) is 0 Å². The summed E-state index contributed by atoms with van der Waals surface area (Å²) >= 11 is 0. The minimum atomic E-state index is -0.465. The van der Waals surface area contributed by atoms with Crippen LogP contribution in [-0.4, -0.2) is 39.4 Å². The predicted molar refractivity (Wildman–Crippen MR) is 72.2 cm³/mol. The van der Waals surface area contributed by atoms with Gasteiger partial charge < -0.3 is 10.0 Å². The van der Waals surface area contributed by atoms with Crippen molar-refractivity contribution in [2.75, 3.05) is 14.1 Å². The molecule has 1 N–H and O–H groups in total. The Morgan fingerprint density at radius 2 is 2.06 bits per heavy atom. The highest BCUT2D eigenvalue weighted by molar-refractivity contribution is 5.13. The number of likely N-dealkylation sites (N-methyl/N-ethyl adjacent to an activating group) is 1. The lowest BCUT2D eigenvalue weighted by atomic mass is 9.72. The minimum absolute atomic E-state index is 0.139. The van der Waals surface area contributed by atoms with Gasteiger partial charge in [0.25, 0.3) is 0 Å². The van der Waals surface area contributed by atoms with Gasteiger partial charge in [0, 0.05) is 13.2 Å². The van der Waals surface area contributed by atoms with E-state index in [4.69, 9.17) is 0 Å². The fourth-order valence-corrected chi connectivity index (χ4v) is 3.15. The van der Waals surface area contributed by atoms with Gasteiger partial charge in [-0.1, -0.05) is 6.92 Å². The third-order valence-electron chi connectivity index (χ3n) is 4.68. The van der Waals surface area contributed by atoms with Gasteiger partial charge in [-0.05, 0) is 51.8 Å². The van der Waals surface area contributed by atoms with Gasteiger partial charge in [0.2, 0.25) is 0 Å². The van der Waals surface area contributed by atoms with E-state index in [0.29, 0.717) is 0 Å². The molecule has 0 radical (unpaired) electrons. The van der Waals surface area contributed by atoms with Crippen molar-refractivity contribution in [1.29, 1.82) is 0 Å². The van der Waals surface area contributed by atoms with Gasteiger partial charge in [0.1, 0.15) is 6.10 Å². The van der Waals surface area contributed by atoms with Crippen molar-refractivity contribution >= 4 is 0 Å². The van der Waals surface area contributed by atoms with Crippen molar-refractivity contribution in [2.45, 2.75) is 44.2 Å². The normalized spacial score (nSPS) is 30.7. The molecule has 102 valence electrons. The molecule has 0 bridgehead atoms. The fraction of sp³-hybridized carbons (Fsp3) is 0.786. The van der Waals surface area contributed by atoms with E-state index in [0.717, 1.165) is 24.5 Å². The highest BCUT2D eigenvalue weighted by Gasteiger charge is 2.43. The summed E-state index contributed by atoms with van der Waals surface area (Å²) in [6.07, 6.45) is 5.77. The summed E-state index contributed by atoms with van der Waals surface area (Å²) in [6.45, 7) is 2.30. The molecule has 2 rings (SSSR count). The maximum absolute atomic E-state index is 10.8. The predicted octanol–water partition coefficient (Wildman–Crippen LogP) is 1.96. The van der Waals surface area contributed by atoms with Crippen molar-refractivity contribution in [3.8, 4) is 0 Å². The van der Waals surface area contributed by atoms with E-state index < -0.39 is 6.10 Å². The number of hydrogen-bond acceptors (Lipinski definition) is 3. The maximum atomic E-state index is 10.8. The summed E-state index contributed by atoms with van der Waals surface area (Å²) in [5, 5.41) is 15.0. The lowest BCUT2D eigenvalue weighted by Crippen LogP contribution is -2.51. The first-order valence-electron chi connectivity index (χ1n) is 6.81. The zero-order chi connectivity index (χ0) is 13.3. The number of nitrogens with zero attached hydrogens (tertiary/aromatic N) is 3. The molecule has 1 atom stereocenters. The summed E-state index contributed by atoms with van der Waals surface area (Å²) in [4.78, 5) is 2.20. The molecule has 1 aliphatic rings. The lowest BCUT2D eigenvalue weighted by Gasteiger charge is -2.47. The Morgan fingerprint density at radius 3 is 2.50 bits per heavy atom. The van der Waals surface area contributed by atoms with Crippen LogP contribution in [0.3, 0.4) is 0 Å². The van der Waals surface area contributed by atoms with Crippen LogP contribution >= 0.6 is 0 Å². The van der Waals surface area contributed by atoms with Crippen molar-refractivity contribution in [3.63, 3.8) is 0 Å². The van der Waals surface area contributed by atoms with Crippen molar-refractivity contribution < 1.29 is 5.11 Å². The summed E-state index contributed by atoms with van der Waals surface area (Å²) in [6, 6.07) is 1.92. The Kier molecular flexibility index (Phi) is 3.78. The van der Waals surface area contributed by atoms with Crippen molar-refractivity contribution in [3.05, 3.63) is 18.0 Å². The Hall–Kier alpha value is -0.870. The summed E-state index contributed by atoms with van der Waals surface area (Å²) in [5.74, 6) is 0.775. The lowest BCUT2D eigenvalue weighted by molar-refractivity contribution is -0.0445. The van der Waals surface area contributed by atoms with E-state index in [-0.39, 0.29) is 5.54 Å². The Morgan fingerprint density at radius 1 is 1.44 bits per heavy atom. The van der Waals surface area contributed by atoms with Gasteiger partial charge in [0.15, 0.2) is 0 Å². The fourth-order valence-electron chi connectivity index (χ4n) is 3.15. The SMILES string of the molecule is CC1CCC(C(O)c2ccnn2C)(N(C)C)CC1. The van der Waals surface area contributed by atoms with Gasteiger partial charge in [-0.3, -0.25) is 4.68 Å². The van der Waals surface area contributed by atoms with Crippen LogP contribution in [0.4, 0.5) is 0 Å². The van der Waals surface area contributed by atoms with Gasteiger partial charge in [-0.25, -0.2) is 0 Å². The molecule has 1 unspecified atom stereocenters. The average molecular weight is 251 g/mol. The molecule has 1 fully saturated rings. The van der Waals surface area contributed by atoms with E-state index in [9.17, 15) is 5.11 Å². The number of aliphatic hydroxyl groups is 1. The molecule has 0 spiro atoms. The highest BCUT2D eigenvalue weighted by Crippen LogP contribution is 2.43. The number of aliphatic hydroxyl groups excluding tert-OH is 1. The zero-order valence-corrected chi connectivity index (χ0v) is 11.9. The monoisotopic (exact) mass is 251 g/mol. The second kappa shape index (κ2) is 5.02. The topological polar surface area (TPSA) is 41.3 Å². The van der Waals surface area contributed by atoms with Crippen LogP contribution < -0.4 is 0 Å². The molecule has 0 amide bonds. The van der Waals surface area contributed by atoms with Crippen molar-refractivity contribution in [2.24, 2.45) is 13.0 Å². The molecular formula is C14H25N3O. The van der Waals surface area contributed by atoms with E-state index in [2.05, 4.69) is 31.0 Å². The van der Waals surface area contributed by atoms with Crippen LogP contribution in [0.1, 0.15) is 44.4 Å². The standard InChI is InChI=1S/C14H25N3O/c1-11-5-8-14(9-6-11,16(2)3)13(18)12-7-10-15-17(12)4/h7,10-11,13,18H,5-6,8-9H2,1-4H3. The molecule has 1 heterocycles. The largest absolute Gasteiger partial charge is 0.385 e. The molecule has 4 nitrogen and oxygen atoms in total. The molecular weight excluding hydrogens is 226 g/mol. The quantitative estimate of drug-likeness (QED) is 0.893. The van der Waals surface area contributed by atoms with Crippen LogP contribution in [0.5, 0.6) is 0 Å². The Bertz CT molecular complexity index is 391. The summed E-state index contributed by atoms with van der Waals surface area (Å²) in [7, 11) is 6.05. The first kappa shape index (κ1) is 13.6. The van der Waals surface area contributed by atoms with Crippen LogP contribution in [0.15, 0.2) is 12.3 Å². The van der Waals surface area contributed by atoms with Crippen LogP contribution in [-0.2, 0) is 7.05 Å². The minimum Gasteiger partial charge on any atom is -0.385 e. The zero-order valence-electron chi connectivity index (χ0n) is 11.9. The molecule has 0 saturated heterocycles. The first-order valence-corrected chi connectivity index (χ1v) is 6.81. The average Bonchev–Trinajstić information content (AvgIpc) is 2.75. The third-order valence-corrected chi connectivity index (χ3v) is 4.68. The molecule has 1 aliphatic carbocycles. The molecule has 0 aliphatic heterocycles. The number of aromatic nitrogens is 2. The van der Waals surface area contributed by atoms with Crippen molar-refractivity contribution in [1.82, 2.24) is 14.7 Å². The van der Waals surface area contributed by atoms with E-state index in [1.54, 1.807) is 10.9 Å². The Labute approximate surface area is 110 Å². The maximum Gasteiger partial charge on any atom is 0.114 e. The molecule has 18 heavy (non-hydrogen) atoms. The van der Waals surface area contributed by atoms with Gasteiger partial charge >= 0.3 is 0 Å². The summed E-state index contributed by atoms with van der Waals surface area (Å²) < 4.78 is 1.79. The second-order valence-corrected chi connectivity index (χ2v) is 5.96. The Balaban J connectivity index is 2.28. The second-order valence-electron chi connectivity index (χ2n) is 5.96. The van der Waals surface area contributed by atoms with E-state index in [1.165, 1.54) is 12.8 Å². The molecule has 4 heteroatoms. The molecule has 1 saturated carbocycles. The smallest absolute Gasteiger partial charge is 0.114 e. The van der Waals surface area contributed by atoms with Crippen LogP contribution in [0, 0.1) is 5.92 Å². The highest BCUT2D eigenvalue weighted by atomic mass is 16.3. The van der Waals surface area contributed by atoms with E-state index in [1.807, 2.05) is 13.1 Å². The number of hydrogen-bond donors (Lipinski definition) is 1. The first-order chi connectivity index (χ1) is 8.47. The number of aryl methyl sites for hydroxylation is 1. The van der Waals surface area contributed by atoms with Gasteiger partial charge in [0.05, 0.1) is 11.2 Å². The molecule has 1 aromatic rings.